The average molecular weight is 1150 g/mol. The van der Waals surface area contributed by atoms with Crippen LogP contribution in [0.1, 0.15) is 75.9 Å². The maximum absolute atomic E-state index is 14.1. The standard InChI is InChI=1S/C58H64BrN3O15Si/c1-37(63)27-32-48(66)75-50-47(36-71-78(58(4,5)6,44-23-15-9-16-24-44)45-25-17-10-18-26-45)73-56(49(61-62-60)52(50)69-34-41-28-30-43(59)31-29-41)77-51-46(35-68-38(2)64)74-57(72-39(3)65)54(76-55(67)42-21-13-8-14-22-42)53(51)70-33-40-19-11-7-12-20-40/h7-26,28-31,46-47,49-54,56-57H,27,32-36H2,1-6H3/t46-,47+,49+,50+,51+,52+,53-,54+,56+,57?/m0/s1. The molecular formula is C58H64BrN3O15Si. The summed E-state index contributed by atoms with van der Waals surface area (Å²) in [7, 11) is -3.40. The Kier molecular flexibility index (Phi) is 21.1. The summed E-state index contributed by atoms with van der Waals surface area (Å²) in [5.41, 5.74) is 12.0. The first kappa shape index (κ1) is 59.1. The fourth-order valence-electron chi connectivity index (χ4n) is 9.52. The lowest BCUT2D eigenvalue weighted by Gasteiger charge is -2.50. The zero-order chi connectivity index (χ0) is 55.8. The number of ketones is 1. The SMILES string of the molecule is CC(=O)CCC(=O)O[C@H]1[C@H](OCc2ccc(Br)cc2)[C@@H](N=[N+]=[N-])[C@@H](O[C@H]2[C@H](OCc3ccccc3)[C@@H](OC(=O)c3ccccc3)C(OC(C)=O)O[C@H]2COC(C)=O)O[C@@H]1CO[Si](c1ccccc1)(c1ccccc1)C(C)(C)C. The molecule has 2 fully saturated rings. The van der Waals surface area contributed by atoms with E-state index in [0.717, 1.165) is 21.8 Å². The molecule has 0 aromatic heterocycles. The maximum Gasteiger partial charge on any atom is 0.338 e. The van der Waals surface area contributed by atoms with Crippen molar-refractivity contribution in [2.75, 3.05) is 13.2 Å². The molecule has 5 aromatic carbocycles. The van der Waals surface area contributed by atoms with Crippen LogP contribution in [0, 0.1) is 0 Å². The van der Waals surface area contributed by atoms with Crippen molar-refractivity contribution in [1.29, 1.82) is 0 Å². The number of esters is 4. The number of azide groups is 1. The van der Waals surface area contributed by atoms with E-state index in [1.54, 1.807) is 18.2 Å². The summed E-state index contributed by atoms with van der Waals surface area (Å²) >= 11 is 3.48. The summed E-state index contributed by atoms with van der Waals surface area (Å²) in [6.45, 7) is 9.00. The van der Waals surface area contributed by atoms with Gasteiger partial charge in [0.15, 0.2) is 18.5 Å². The Hall–Kier alpha value is -6.58. The number of hydrogen-bond donors (Lipinski definition) is 0. The molecule has 78 heavy (non-hydrogen) atoms. The van der Waals surface area contributed by atoms with Crippen LogP contribution in [0.25, 0.3) is 10.4 Å². The van der Waals surface area contributed by atoms with Crippen molar-refractivity contribution < 1.29 is 71.0 Å². The van der Waals surface area contributed by atoms with E-state index in [4.69, 9.17) is 47.1 Å². The molecule has 0 saturated carbocycles. The second-order valence-electron chi connectivity index (χ2n) is 19.8. The van der Waals surface area contributed by atoms with Gasteiger partial charge in [-0.05, 0) is 63.3 Å². The average Bonchev–Trinajstić information content (AvgIpc) is 3.54. The molecule has 2 aliphatic heterocycles. The number of halogens is 1. The number of ether oxygens (including phenoxy) is 9. The first-order valence-electron chi connectivity index (χ1n) is 25.5. The van der Waals surface area contributed by atoms with E-state index in [1.165, 1.54) is 26.0 Å². The van der Waals surface area contributed by atoms with Crippen molar-refractivity contribution in [3.05, 3.63) is 177 Å². The van der Waals surface area contributed by atoms with Gasteiger partial charge in [-0.3, -0.25) is 14.4 Å². The molecule has 2 aliphatic rings. The molecule has 10 atom stereocenters. The number of carbonyl (C=O) groups is 5. The zero-order valence-electron chi connectivity index (χ0n) is 44.2. The van der Waals surface area contributed by atoms with Crippen molar-refractivity contribution >= 4 is 64.3 Å². The summed E-state index contributed by atoms with van der Waals surface area (Å²) in [6, 6.07) is 42.6. The number of rotatable bonds is 23. The van der Waals surface area contributed by atoms with Gasteiger partial charge < -0.3 is 51.9 Å². The topological polar surface area (TPSA) is 226 Å². The van der Waals surface area contributed by atoms with E-state index in [0.29, 0.717) is 11.1 Å². The predicted molar refractivity (Wildman–Crippen MR) is 290 cm³/mol. The van der Waals surface area contributed by atoms with E-state index in [1.807, 2.05) is 115 Å². The highest BCUT2D eigenvalue weighted by Gasteiger charge is 2.57. The van der Waals surface area contributed by atoms with Crippen LogP contribution in [0.5, 0.6) is 0 Å². The summed E-state index contributed by atoms with van der Waals surface area (Å²) in [6.07, 6.45) is -13.6. The zero-order valence-corrected chi connectivity index (χ0v) is 46.8. The second kappa shape index (κ2) is 27.8. The van der Waals surface area contributed by atoms with Gasteiger partial charge in [0.2, 0.25) is 6.29 Å². The Morgan fingerprint density at radius 2 is 1.14 bits per heavy atom. The number of nitrogens with zero attached hydrogens (tertiary/aromatic N) is 3. The van der Waals surface area contributed by atoms with Crippen molar-refractivity contribution in [1.82, 2.24) is 0 Å². The molecular weight excluding hydrogens is 1090 g/mol. The Balaban J connectivity index is 1.39. The monoisotopic (exact) mass is 1150 g/mol. The maximum atomic E-state index is 14.1. The second-order valence-corrected chi connectivity index (χ2v) is 25.0. The van der Waals surface area contributed by atoms with Crippen LogP contribution in [-0.2, 0) is 79.4 Å². The van der Waals surface area contributed by atoms with Crippen LogP contribution >= 0.6 is 15.9 Å². The molecule has 0 bridgehead atoms. The molecule has 18 nitrogen and oxygen atoms in total. The molecule has 412 valence electrons. The van der Waals surface area contributed by atoms with Crippen molar-refractivity contribution in [2.45, 2.75) is 134 Å². The first-order chi connectivity index (χ1) is 37.5. The fourth-order valence-corrected chi connectivity index (χ4v) is 14.4. The highest BCUT2D eigenvalue weighted by atomic mass is 79.9. The molecule has 0 N–H and O–H groups in total. The molecule has 0 spiro atoms. The minimum absolute atomic E-state index is 0.0993. The largest absolute Gasteiger partial charge is 0.463 e. The molecule has 0 aliphatic carbocycles. The minimum Gasteiger partial charge on any atom is -0.463 e. The van der Waals surface area contributed by atoms with Crippen LogP contribution in [0.4, 0.5) is 0 Å². The summed E-state index contributed by atoms with van der Waals surface area (Å²) < 4.78 is 66.0. The number of carbonyl (C=O) groups excluding carboxylic acids is 5. The lowest BCUT2D eigenvalue weighted by molar-refractivity contribution is -0.347. The van der Waals surface area contributed by atoms with Crippen molar-refractivity contribution in [3.8, 4) is 0 Å². The third-order valence-electron chi connectivity index (χ3n) is 13.1. The third-order valence-corrected chi connectivity index (χ3v) is 18.7. The summed E-state index contributed by atoms with van der Waals surface area (Å²) in [5, 5.41) is 5.55. The molecule has 0 radical (unpaired) electrons. The third kappa shape index (κ3) is 15.4. The molecule has 1 unspecified atom stereocenters. The molecule has 2 saturated heterocycles. The Morgan fingerprint density at radius 1 is 0.603 bits per heavy atom. The van der Waals surface area contributed by atoms with Gasteiger partial charge in [0.1, 0.15) is 49.0 Å². The lowest BCUT2D eigenvalue weighted by Crippen LogP contribution is -2.69. The predicted octanol–water partition coefficient (Wildman–Crippen LogP) is 8.64. The molecule has 2 heterocycles. The minimum atomic E-state index is -3.40. The molecule has 20 heteroatoms. The first-order valence-corrected chi connectivity index (χ1v) is 28.2. The van der Waals surface area contributed by atoms with Crippen LogP contribution in [0.15, 0.2) is 155 Å². The van der Waals surface area contributed by atoms with Gasteiger partial charge in [-0.2, -0.15) is 0 Å². The molecule has 5 aromatic rings. The van der Waals surface area contributed by atoms with Gasteiger partial charge in [-0.15, -0.1) is 0 Å². The normalized spacial score (nSPS) is 23.2. The lowest BCUT2D eigenvalue weighted by atomic mass is 9.95. The number of hydrogen-bond acceptors (Lipinski definition) is 16. The van der Waals surface area contributed by atoms with Gasteiger partial charge in [0, 0.05) is 29.7 Å². The number of Topliss-reactive ketones (excluding diaryl/α,β-unsaturated/α-hetero) is 1. The smallest absolute Gasteiger partial charge is 0.338 e. The Morgan fingerprint density at radius 3 is 1.69 bits per heavy atom. The fraction of sp³-hybridized carbons (Fsp3) is 0.397. The number of benzene rings is 5. The van der Waals surface area contributed by atoms with Crippen LogP contribution in [-0.4, -0.2) is 113 Å². The van der Waals surface area contributed by atoms with E-state index >= 15 is 0 Å². The van der Waals surface area contributed by atoms with Crippen molar-refractivity contribution in [3.63, 3.8) is 0 Å². The Labute approximate surface area is 462 Å². The summed E-state index contributed by atoms with van der Waals surface area (Å²) in [5.74, 6) is -3.33. The Bertz CT molecular complexity index is 2780. The highest BCUT2D eigenvalue weighted by Crippen LogP contribution is 2.40. The van der Waals surface area contributed by atoms with Crippen molar-refractivity contribution in [2.24, 2.45) is 5.11 Å². The molecule has 7 rings (SSSR count). The van der Waals surface area contributed by atoms with E-state index in [2.05, 4.69) is 46.7 Å². The van der Waals surface area contributed by atoms with E-state index < -0.39 is 105 Å². The van der Waals surface area contributed by atoms with Crippen LogP contribution in [0.2, 0.25) is 5.04 Å². The highest BCUT2D eigenvalue weighted by molar-refractivity contribution is 9.10. The van der Waals surface area contributed by atoms with E-state index in [9.17, 15) is 29.5 Å². The van der Waals surface area contributed by atoms with Crippen LogP contribution in [0.3, 0.4) is 0 Å². The molecule has 0 amide bonds. The van der Waals surface area contributed by atoms with Gasteiger partial charge in [0.05, 0.1) is 31.8 Å². The van der Waals surface area contributed by atoms with Gasteiger partial charge in [-0.1, -0.05) is 163 Å². The van der Waals surface area contributed by atoms with Gasteiger partial charge in [-0.25, -0.2) is 4.79 Å². The quantitative estimate of drug-likeness (QED) is 0.0149. The van der Waals surface area contributed by atoms with Crippen LogP contribution < -0.4 is 10.4 Å². The van der Waals surface area contributed by atoms with E-state index in [-0.39, 0.29) is 44.0 Å². The summed E-state index contributed by atoms with van der Waals surface area (Å²) in [4.78, 5) is 69.0. The van der Waals surface area contributed by atoms with Gasteiger partial charge >= 0.3 is 23.9 Å². The van der Waals surface area contributed by atoms with Gasteiger partial charge in [0.25, 0.3) is 8.32 Å².